The van der Waals surface area contributed by atoms with E-state index >= 15 is 0 Å². The maximum atomic E-state index is 4.54. The van der Waals surface area contributed by atoms with Crippen molar-refractivity contribution in [2.24, 2.45) is 0 Å². The van der Waals surface area contributed by atoms with Crippen LogP contribution in [0.15, 0.2) is 24.5 Å². The molecule has 0 bridgehead atoms. The van der Waals surface area contributed by atoms with Gasteiger partial charge in [-0.05, 0) is 32.0 Å². The Balaban J connectivity index is 2.23. The number of aromatic amines is 1. The van der Waals surface area contributed by atoms with Crippen molar-refractivity contribution in [2.75, 3.05) is 6.54 Å². The van der Waals surface area contributed by atoms with Crippen LogP contribution >= 0.6 is 0 Å². The van der Waals surface area contributed by atoms with E-state index in [2.05, 4.69) is 46.2 Å². The molecule has 0 spiro atoms. The summed E-state index contributed by atoms with van der Waals surface area (Å²) in [6, 6.07) is 4.48. The number of aryl methyl sites for hydroxylation is 2. The third kappa shape index (κ3) is 2.96. The molecule has 2 rings (SSSR count). The summed E-state index contributed by atoms with van der Waals surface area (Å²) >= 11 is 0. The molecule has 0 amide bonds. The van der Waals surface area contributed by atoms with Gasteiger partial charge >= 0.3 is 0 Å². The zero-order chi connectivity index (χ0) is 13.0. The van der Waals surface area contributed by atoms with E-state index in [0.717, 1.165) is 30.2 Å². The molecule has 0 saturated heterocycles. The zero-order valence-electron chi connectivity index (χ0n) is 11.2. The summed E-state index contributed by atoms with van der Waals surface area (Å²) < 4.78 is 0. The van der Waals surface area contributed by atoms with Crippen LogP contribution in [-0.4, -0.2) is 21.5 Å². The Morgan fingerprint density at radius 3 is 2.78 bits per heavy atom. The van der Waals surface area contributed by atoms with E-state index in [4.69, 9.17) is 0 Å². The molecular weight excluding hydrogens is 224 g/mol. The van der Waals surface area contributed by atoms with Crippen molar-refractivity contribution in [3.8, 4) is 0 Å². The van der Waals surface area contributed by atoms with Crippen LogP contribution in [0.5, 0.6) is 0 Å². The van der Waals surface area contributed by atoms with Crippen molar-refractivity contribution in [1.29, 1.82) is 0 Å². The van der Waals surface area contributed by atoms with Gasteiger partial charge in [-0.2, -0.15) is 0 Å². The van der Waals surface area contributed by atoms with E-state index in [9.17, 15) is 0 Å². The first-order chi connectivity index (χ1) is 8.70. The average molecular weight is 244 g/mol. The van der Waals surface area contributed by atoms with Crippen LogP contribution in [-0.2, 0) is 6.42 Å². The predicted octanol–water partition coefficient (Wildman–Crippen LogP) is 2.31. The summed E-state index contributed by atoms with van der Waals surface area (Å²) in [5, 5.41) is 3.50. The molecule has 0 aliphatic rings. The lowest BCUT2D eigenvalue weighted by Crippen LogP contribution is -2.24. The lowest BCUT2D eigenvalue weighted by atomic mass is 10.0. The summed E-state index contributed by atoms with van der Waals surface area (Å²) in [5.74, 6) is 1.00. The molecule has 4 heteroatoms. The van der Waals surface area contributed by atoms with E-state index in [1.165, 1.54) is 5.56 Å². The standard InChI is InChI=1S/C14H20N4/c1-4-15-13(9-14-16-7-8-17-14)12-6-5-10(2)18-11(12)3/h5-8,13,15H,4,9H2,1-3H3,(H,16,17). The van der Waals surface area contributed by atoms with Crippen LogP contribution in [0, 0.1) is 13.8 Å². The average Bonchev–Trinajstić information content (AvgIpc) is 2.81. The largest absolute Gasteiger partial charge is 0.349 e. The molecule has 0 fully saturated rings. The molecule has 96 valence electrons. The molecule has 0 aliphatic carbocycles. The van der Waals surface area contributed by atoms with Crippen molar-refractivity contribution in [3.05, 3.63) is 47.3 Å². The third-order valence-electron chi connectivity index (χ3n) is 3.04. The Labute approximate surface area is 108 Å². The second-order valence-corrected chi connectivity index (χ2v) is 4.48. The highest BCUT2D eigenvalue weighted by Gasteiger charge is 2.15. The van der Waals surface area contributed by atoms with Crippen LogP contribution in [0.4, 0.5) is 0 Å². The lowest BCUT2D eigenvalue weighted by molar-refractivity contribution is 0.534. The normalized spacial score (nSPS) is 12.6. The SMILES string of the molecule is CCNC(Cc1ncc[nH]1)c1ccc(C)nc1C. The van der Waals surface area contributed by atoms with Gasteiger partial charge in [0.25, 0.3) is 0 Å². The van der Waals surface area contributed by atoms with Crippen LogP contribution in [0.3, 0.4) is 0 Å². The van der Waals surface area contributed by atoms with Crippen molar-refractivity contribution in [1.82, 2.24) is 20.3 Å². The maximum absolute atomic E-state index is 4.54. The number of H-pyrrole nitrogens is 1. The highest BCUT2D eigenvalue weighted by atomic mass is 14.9. The fourth-order valence-corrected chi connectivity index (χ4v) is 2.21. The number of nitrogens with one attached hydrogen (secondary N) is 2. The molecule has 4 nitrogen and oxygen atoms in total. The van der Waals surface area contributed by atoms with Gasteiger partial charge < -0.3 is 10.3 Å². The minimum absolute atomic E-state index is 0.259. The third-order valence-corrected chi connectivity index (χ3v) is 3.04. The second-order valence-electron chi connectivity index (χ2n) is 4.48. The number of rotatable bonds is 5. The van der Waals surface area contributed by atoms with Gasteiger partial charge in [0.15, 0.2) is 0 Å². The van der Waals surface area contributed by atoms with Crippen LogP contribution in [0.25, 0.3) is 0 Å². The molecule has 0 radical (unpaired) electrons. The molecule has 2 N–H and O–H groups in total. The fraction of sp³-hybridized carbons (Fsp3) is 0.429. The van der Waals surface area contributed by atoms with Crippen molar-refractivity contribution >= 4 is 0 Å². The Morgan fingerprint density at radius 1 is 1.33 bits per heavy atom. The predicted molar refractivity (Wildman–Crippen MR) is 72.4 cm³/mol. The summed E-state index contributed by atoms with van der Waals surface area (Å²) in [6.07, 6.45) is 4.50. The molecule has 0 aromatic carbocycles. The molecule has 1 atom stereocenters. The summed E-state index contributed by atoms with van der Waals surface area (Å²) in [7, 11) is 0. The molecule has 0 aliphatic heterocycles. The highest BCUT2D eigenvalue weighted by molar-refractivity contribution is 5.26. The van der Waals surface area contributed by atoms with Crippen LogP contribution in [0.1, 0.15) is 35.7 Å². The molecule has 18 heavy (non-hydrogen) atoms. The van der Waals surface area contributed by atoms with Gasteiger partial charge in [0.05, 0.1) is 0 Å². The molecule has 2 aromatic heterocycles. The van der Waals surface area contributed by atoms with Gasteiger partial charge in [-0.1, -0.05) is 13.0 Å². The quantitative estimate of drug-likeness (QED) is 0.848. The van der Waals surface area contributed by atoms with Gasteiger partial charge in [0, 0.05) is 36.2 Å². The first-order valence-electron chi connectivity index (χ1n) is 6.36. The molecule has 0 saturated carbocycles. The first-order valence-corrected chi connectivity index (χ1v) is 6.36. The molecule has 1 unspecified atom stereocenters. The molecular formula is C14H20N4. The summed E-state index contributed by atoms with van der Waals surface area (Å²) in [6.45, 7) is 7.13. The lowest BCUT2D eigenvalue weighted by Gasteiger charge is -2.19. The number of nitrogens with zero attached hydrogens (tertiary/aromatic N) is 2. The van der Waals surface area contributed by atoms with E-state index < -0.39 is 0 Å². The minimum Gasteiger partial charge on any atom is -0.349 e. The monoisotopic (exact) mass is 244 g/mol. The van der Waals surface area contributed by atoms with E-state index in [1.54, 1.807) is 6.20 Å². The number of aromatic nitrogens is 3. The Morgan fingerprint density at radius 2 is 2.17 bits per heavy atom. The molecule has 2 aromatic rings. The van der Waals surface area contributed by atoms with Crippen molar-refractivity contribution in [3.63, 3.8) is 0 Å². The second kappa shape index (κ2) is 5.78. The Kier molecular flexibility index (Phi) is 4.10. The number of pyridine rings is 1. The number of hydrogen-bond acceptors (Lipinski definition) is 3. The first kappa shape index (κ1) is 12.8. The highest BCUT2D eigenvalue weighted by Crippen LogP contribution is 2.19. The topological polar surface area (TPSA) is 53.6 Å². The number of imidazole rings is 1. The van der Waals surface area contributed by atoms with Gasteiger partial charge in [-0.15, -0.1) is 0 Å². The van der Waals surface area contributed by atoms with Crippen LogP contribution in [0.2, 0.25) is 0 Å². The fourth-order valence-electron chi connectivity index (χ4n) is 2.21. The van der Waals surface area contributed by atoms with Gasteiger partial charge in [-0.3, -0.25) is 4.98 Å². The molecule has 2 heterocycles. The summed E-state index contributed by atoms with van der Waals surface area (Å²) in [4.78, 5) is 12.0. The van der Waals surface area contributed by atoms with Gasteiger partial charge in [0.1, 0.15) is 5.82 Å². The summed E-state index contributed by atoms with van der Waals surface area (Å²) in [5.41, 5.74) is 3.40. The smallest absolute Gasteiger partial charge is 0.107 e. The van der Waals surface area contributed by atoms with Gasteiger partial charge in [0.2, 0.25) is 0 Å². The van der Waals surface area contributed by atoms with Gasteiger partial charge in [-0.25, -0.2) is 4.98 Å². The maximum Gasteiger partial charge on any atom is 0.107 e. The Bertz CT molecular complexity index is 491. The number of likely N-dealkylation sites (N-methyl/N-ethyl adjacent to an activating group) is 1. The number of hydrogen-bond donors (Lipinski definition) is 2. The zero-order valence-corrected chi connectivity index (χ0v) is 11.2. The van der Waals surface area contributed by atoms with E-state index in [-0.39, 0.29) is 6.04 Å². The van der Waals surface area contributed by atoms with E-state index in [0.29, 0.717) is 0 Å². The van der Waals surface area contributed by atoms with Crippen LogP contribution < -0.4 is 5.32 Å². The minimum atomic E-state index is 0.259. The van der Waals surface area contributed by atoms with Crippen molar-refractivity contribution in [2.45, 2.75) is 33.2 Å². The van der Waals surface area contributed by atoms with Crippen molar-refractivity contribution < 1.29 is 0 Å². The van der Waals surface area contributed by atoms with E-state index in [1.807, 2.05) is 13.1 Å². The Hall–Kier alpha value is -1.68.